The second-order valence-corrected chi connectivity index (χ2v) is 20.7. The van der Waals surface area contributed by atoms with Crippen molar-refractivity contribution in [3.8, 4) is 55.6 Å². The van der Waals surface area contributed by atoms with Gasteiger partial charge in [0.1, 0.15) is 0 Å². The summed E-state index contributed by atoms with van der Waals surface area (Å²) in [6.45, 7) is 4.79. The lowest BCUT2D eigenvalue weighted by Gasteiger charge is -2.46. The van der Waals surface area contributed by atoms with Crippen LogP contribution in [-0.4, -0.2) is 0 Å². The third-order valence-electron chi connectivity index (χ3n) is 17.0. The van der Waals surface area contributed by atoms with Crippen LogP contribution < -0.4 is 4.90 Å². The number of hydrogen-bond acceptors (Lipinski definition) is 1. The van der Waals surface area contributed by atoms with Gasteiger partial charge >= 0.3 is 0 Å². The standard InChI is InChI=1S/C71H49N/c1-69(2)63-29-15-17-31-65(63)70(66-32-18-16-30-64(66)69)61-28-14-11-25-55(61)58-44-51(39-42-62(58)70)72(50-36-33-48(34-37-50)46-19-5-3-6-20-46)52-38-41-57-56-40-35-49(47-21-7-4-8-22-47)43-67(56)71(68(57)45-52)59-26-12-9-23-53(59)54-24-10-13-27-60(54)71/h3-45H,1-2H3. The molecule has 11 aromatic rings. The van der Waals surface area contributed by atoms with Crippen molar-refractivity contribution in [2.45, 2.75) is 30.1 Å². The summed E-state index contributed by atoms with van der Waals surface area (Å²) in [6, 6.07) is 98.5. The summed E-state index contributed by atoms with van der Waals surface area (Å²) < 4.78 is 0. The molecule has 0 saturated heterocycles. The highest BCUT2D eigenvalue weighted by molar-refractivity contribution is 5.98. The Morgan fingerprint density at radius 1 is 0.222 bits per heavy atom. The Bertz CT molecular complexity index is 3910. The van der Waals surface area contributed by atoms with Gasteiger partial charge in [0.2, 0.25) is 0 Å². The van der Waals surface area contributed by atoms with Crippen LogP contribution in [0.25, 0.3) is 55.6 Å². The van der Waals surface area contributed by atoms with Gasteiger partial charge < -0.3 is 4.90 Å². The second-order valence-electron chi connectivity index (χ2n) is 20.7. The number of hydrogen-bond donors (Lipinski definition) is 0. The number of nitrogens with zero attached hydrogens (tertiary/aromatic N) is 1. The molecule has 15 rings (SSSR count). The van der Waals surface area contributed by atoms with E-state index in [1.165, 1.54) is 111 Å². The maximum Gasteiger partial charge on any atom is 0.0726 e. The van der Waals surface area contributed by atoms with E-state index in [0.29, 0.717) is 0 Å². The molecule has 0 heterocycles. The zero-order valence-corrected chi connectivity index (χ0v) is 40.3. The molecule has 1 nitrogen and oxygen atoms in total. The van der Waals surface area contributed by atoms with Crippen molar-refractivity contribution in [1.29, 1.82) is 0 Å². The molecular weight excluding hydrogens is 867 g/mol. The topological polar surface area (TPSA) is 3.24 Å². The summed E-state index contributed by atoms with van der Waals surface area (Å²) in [7, 11) is 0. The molecule has 0 unspecified atom stereocenters. The van der Waals surface area contributed by atoms with E-state index < -0.39 is 10.8 Å². The molecule has 11 aromatic carbocycles. The van der Waals surface area contributed by atoms with E-state index in [0.717, 1.165) is 17.1 Å². The average molecular weight is 916 g/mol. The van der Waals surface area contributed by atoms with Crippen molar-refractivity contribution >= 4 is 17.1 Å². The van der Waals surface area contributed by atoms with Crippen molar-refractivity contribution in [1.82, 2.24) is 0 Å². The minimum absolute atomic E-state index is 0.160. The van der Waals surface area contributed by atoms with E-state index in [2.05, 4.69) is 280 Å². The molecule has 72 heavy (non-hydrogen) atoms. The monoisotopic (exact) mass is 915 g/mol. The fourth-order valence-electron chi connectivity index (χ4n) is 13.9. The van der Waals surface area contributed by atoms with Crippen molar-refractivity contribution < 1.29 is 0 Å². The predicted octanol–water partition coefficient (Wildman–Crippen LogP) is 17.8. The second kappa shape index (κ2) is 15.1. The van der Waals surface area contributed by atoms with Crippen LogP contribution in [0.2, 0.25) is 0 Å². The zero-order valence-electron chi connectivity index (χ0n) is 40.3. The molecule has 4 aliphatic carbocycles. The number of anilines is 3. The van der Waals surface area contributed by atoms with Gasteiger partial charge in [0.05, 0.1) is 10.8 Å². The van der Waals surface area contributed by atoms with Gasteiger partial charge in [-0.3, -0.25) is 0 Å². The third-order valence-corrected chi connectivity index (χ3v) is 17.0. The molecule has 0 aliphatic heterocycles. The van der Waals surface area contributed by atoms with Gasteiger partial charge in [0.25, 0.3) is 0 Å². The van der Waals surface area contributed by atoms with Crippen molar-refractivity contribution in [2.75, 3.05) is 4.90 Å². The van der Waals surface area contributed by atoms with Gasteiger partial charge in [-0.05, 0) is 154 Å². The Kier molecular flexibility index (Phi) is 8.62. The Hall–Kier alpha value is -8.78. The van der Waals surface area contributed by atoms with E-state index in [1.807, 2.05) is 0 Å². The van der Waals surface area contributed by atoms with Gasteiger partial charge in [-0.15, -0.1) is 0 Å². The summed E-state index contributed by atoms with van der Waals surface area (Å²) >= 11 is 0. The van der Waals surface area contributed by atoms with Crippen LogP contribution in [0.5, 0.6) is 0 Å². The number of fused-ring (bicyclic) bond motifs is 19. The normalized spacial score (nSPS) is 14.9. The van der Waals surface area contributed by atoms with Gasteiger partial charge in [-0.1, -0.05) is 232 Å². The van der Waals surface area contributed by atoms with Crippen LogP contribution in [-0.2, 0) is 16.2 Å². The lowest BCUT2D eigenvalue weighted by Crippen LogP contribution is -2.40. The quantitative estimate of drug-likeness (QED) is 0.166. The van der Waals surface area contributed by atoms with E-state index in [1.54, 1.807) is 0 Å². The number of benzene rings is 11. The molecule has 0 amide bonds. The molecule has 1 heteroatoms. The predicted molar refractivity (Wildman–Crippen MR) is 298 cm³/mol. The fourth-order valence-corrected chi connectivity index (χ4v) is 13.9. The molecule has 2 spiro atoms. The molecule has 0 saturated carbocycles. The number of rotatable bonds is 5. The van der Waals surface area contributed by atoms with E-state index in [-0.39, 0.29) is 5.41 Å². The van der Waals surface area contributed by atoms with E-state index in [4.69, 9.17) is 0 Å². The summed E-state index contributed by atoms with van der Waals surface area (Å²) in [5.41, 5.74) is 28.3. The van der Waals surface area contributed by atoms with Gasteiger partial charge in [0, 0.05) is 22.5 Å². The van der Waals surface area contributed by atoms with Crippen LogP contribution in [0.1, 0.15) is 69.5 Å². The Labute approximate surface area is 422 Å². The first-order chi connectivity index (χ1) is 35.5. The lowest BCUT2D eigenvalue weighted by atomic mass is 9.55. The van der Waals surface area contributed by atoms with Crippen LogP contribution in [0.3, 0.4) is 0 Å². The first-order valence-corrected chi connectivity index (χ1v) is 25.4. The molecule has 4 aliphatic rings. The fraction of sp³-hybridized carbons (Fsp3) is 0.0704. The largest absolute Gasteiger partial charge is 0.310 e. The van der Waals surface area contributed by atoms with Gasteiger partial charge in [-0.2, -0.15) is 0 Å². The molecule has 0 aromatic heterocycles. The van der Waals surface area contributed by atoms with Crippen LogP contribution in [0.15, 0.2) is 261 Å². The lowest BCUT2D eigenvalue weighted by molar-refractivity contribution is 0.563. The highest BCUT2D eigenvalue weighted by Crippen LogP contribution is 2.65. The first-order valence-electron chi connectivity index (χ1n) is 25.4. The minimum Gasteiger partial charge on any atom is -0.310 e. The third kappa shape index (κ3) is 5.38. The smallest absolute Gasteiger partial charge is 0.0726 e. The van der Waals surface area contributed by atoms with E-state index >= 15 is 0 Å². The summed E-state index contributed by atoms with van der Waals surface area (Å²) in [5, 5.41) is 0. The van der Waals surface area contributed by atoms with E-state index in [9.17, 15) is 0 Å². The SMILES string of the molecule is CC1(C)c2ccccc2C2(c3ccccc3-c3cc(N(c4ccc(-c5ccccc5)cc4)c4ccc5c(c4)C4(c6ccccc6-c6ccccc64)c4cc(-c6ccccc6)ccc4-5)ccc32)c2ccccc21. The Balaban J connectivity index is 0.981. The van der Waals surface area contributed by atoms with Crippen LogP contribution in [0, 0.1) is 0 Å². The Morgan fingerprint density at radius 2 is 0.569 bits per heavy atom. The summed E-state index contributed by atoms with van der Waals surface area (Å²) in [4.78, 5) is 2.51. The first kappa shape index (κ1) is 41.0. The zero-order chi connectivity index (χ0) is 47.8. The summed E-state index contributed by atoms with van der Waals surface area (Å²) in [5.74, 6) is 0. The van der Waals surface area contributed by atoms with Gasteiger partial charge in [-0.25, -0.2) is 0 Å². The Morgan fingerprint density at radius 3 is 1.14 bits per heavy atom. The van der Waals surface area contributed by atoms with Crippen LogP contribution >= 0.6 is 0 Å². The van der Waals surface area contributed by atoms with Gasteiger partial charge in [0.15, 0.2) is 0 Å². The molecule has 0 fully saturated rings. The van der Waals surface area contributed by atoms with Crippen LogP contribution in [0.4, 0.5) is 17.1 Å². The maximum absolute atomic E-state index is 2.53. The minimum atomic E-state index is -0.527. The molecule has 0 N–H and O–H groups in total. The maximum atomic E-state index is 2.53. The summed E-state index contributed by atoms with van der Waals surface area (Å²) in [6.07, 6.45) is 0. The molecule has 0 atom stereocenters. The highest BCUT2D eigenvalue weighted by Gasteiger charge is 2.54. The molecule has 338 valence electrons. The van der Waals surface area contributed by atoms with Crippen molar-refractivity contribution in [2.24, 2.45) is 0 Å². The van der Waals surface area contributed by atoms with Crippen molar-refractivity contribution in [3.63, 3.8) is 0 Å². The van der Waals surface area contributed by atoms with Crippen molar-refractivity contribution in [3.05, 3.63) is 316 Å². The molecule has 0 radical (unpaired) electrons. The average Bonchev–Trinajstić information content (AvgIpc) is 4.03. The molecular formula is C71H49N. The highest BCUT2D eigenvalue weighted by atomic mass is 15.1. The molecule has 0 bridgehead atoms.